The van der Waals surface area contributed by atoms with E-state index in [1.807, 2.05) is 30.3 Å². The summed E-state index contributed by atoms with van der Waals surface area (Å²) in [5, 5.41) is 4.11. The minimum absolute atomic E-state index is 0.223. The first-order chi connectivity index (χ1) is 8.06. The van der Waals surface area contributed by atoms with Crippen molar-refractivity contribution in [2.45, 2.75) is 13.0 Å². The van der Waals surface area contributed by atoms with Crippen molar-refractivity contribution in [3.05, 3.63) is 49.0 Å². The SMILES string of the molecule is CC(Nc1ccc(Cl)c(Br)c1)c1ccc(Cl)s1. The quantitative estimate of drug-likeness (QED) is 0.716. The average Bonchev–Trinajstić information content (AvgIpc) is 2.70. The van der Waals surface area contributed by atoms with Gasteiger partial charge in [0.15, 0.2) is 0 Å². The number of benzene rings is 1. The van der Waals surface area contributed by atoms with Crippen molar-refractivity contribution in [2.24, 2.45) is 0 Å². The lowest BCUT2D eigenvalue weighted by Crippen LogP contribution is -2.04. The Morgan fingerprint density at radius 2 is 2.00 bits per heavy atom. The maximum Gasteiger partial charge on any atom is 0.0932 e. The first-order valence-corrected chi connectivity index (χ1v) is 7.39. The van der Waals surface area contributed by atoms with Crippen LogP contribution >= 0.6 is 50.5 Å². The Kier molecular flexibility index (Phi) is 4.36. The van der Waals surface area contributed by atoms with Gasteiger partial charge in [-0.05, 0) is 53.2 Å². The van der Waals surface area contributed by atoms with E-state index in [1.54, 1.807) is 11.3 Å². The summed E-state index contributed by atoms with van der Waals surface area (Å²) >= 11 is 16.9. The molecule has 90 valence electrons. The molecule has 1 atom stereocenters. The van der Waals surface area contributed by atoms with Crippen LogP contribution in [0.4, 0.5) is 5.69 Å². The molecule has 5 heteroatoms. The van der Waals surface area contributed by atoms with Crippen LogP contribution in [0, 0.1) is 0 Å². The molecule has 1 nitrogen and oxygen atoms in total. The molecule has 2 aromatic rings. The Morgan fingerprint density at radius 3 is 2.59 bits per heavy atom. The fraction of sp³-hybridized carbons (Fsp3) is 0.167. The largest absolute Gasteiger partial charge is 0.378 e. The second kappa shape index (κ2) is 5.61. The van der Waals surface area contributed by atoms with E-state index in [2.05, 4.69) is 28.2 Å². The second-order valence-corrected chi connectivity index (χ2v) is 6.64. The maximum absolute atomic E-state index is 5.95. The molecule has 1 aromatic heterocycles. The van der Waals surface area contributed by atoms with E-state index in [0.717, 1.165) is 14.5 Å². The van der Waals surface area contributed by atoms with Crippen molar-refractivity contribution in [3.63, 3.8) is 0 Å². The molecule has 0 spiro atoms. The second-order valence-electron chi connectivity index (χ2n) is 3.64. The topological polar surface area (TPSA) is 12.0 Å². The molecule has 0 aliphatic rings. The number of anilines is 1. The minimum atomic E-state index is 0.223. The van der Waals surface area contributed by atoms with Gasteiger partial charge >= 0.3 is 0 Å². The van der Waals surface area contributed by atoms with Gasteiger partial charge in [0.25, 0.3) is 0 Å². The Morgan fingerprint density at radius 1 is 1.24 bits per heavy atom. The van der Waals surface area contributed by atoms with Crippen LogP contribution in [0.2, 0.25) is 9.36 Å². The molecule has 0 bridgehead atoms. The van der Waals surface area contributed by atoms with Crippen molar-refractivity contribution in [3.8, 4) is 0 Å². The summed E-state index contributed by atoms with van der Waals surface area (Å²) in [6, 6.07) is 9.96. The van der Waals surface area contributed by atoms with E-state index < -0.39 is 0 Å². The zero-order valence-corrected chi connectivity index (χ0v) is 12.9. The zero-order valence-electron chi connectivity index (χ0n) is 9.01. The third kappa shape index (κ3) is 3.38. The summed E-state index contributed by atoms with van der Waals surface area (Å²) in [5.74, 6) is 0. The summed E-state index contributed by atoms with van der Waals surface area (Å²) < 4.78 is 1.70. The van der Waals surface area contributed by atoms with Crippen molar-refractivity contribution in [1.29, 1.82) is 0 Å². The van der Waals surface area contributed by atoms with Crippen LogP contribution in [-0.2, 0) is 0 Å². The summed E-state index contributed by atoms with van der Waals surface area (Å²) in [4.78, 5) is 1.21. The van der Waals surface area contributed by atoms with Gasteiger partial charge in [-0.2, -0.15) is 0 Å². The Balaban J connectivity index is 2.12. The Bertz CT molecular complexity index is 527. The number of rotatable bonds is 3. The summed E-state index contributed by atoms with van der Waals surface area (Å²) in [5.41, 5.74) is 1.03. The van der Waals surface area contributed by atoms with E-state index in [9.17, 15) is 0 Å². The molecule has 0 amide bonds. The molecular weight excluding hydrogens is 341 g/mol. The van der Waals surface area contributed by atoms with Crippen LogP contribution in [0.5, 0.6) is 0 Å². The van der Waals surface area contributed by atoms with Crippen molar-refractivity contribution < 1.29 is 0 Å². The standard InChI is InChI=1S/C12H10BrCl2NS/c1-7(11-4-5-12(15)17-11)16-8-2-3-10(14)9(13)6-8/h2-7,16H,1H3. The molecule has 1 aromatic carbocycles. The van der Waals surface area contributed by atoms with Crippen LogP contribution in [0.3, 0.4) is 0 Å². The van der Waals surface area contributed by atoms with E-state index in [4.69, 9.17) is 23.2 Å². The van der Waals surface area contributed by atoms with Crippen LogP contribution < -0.4 is 5.32 Å². The molecule has 1 N–H and O–H groups in total. The van der Waals surface area contributed by atoms with Gasteiger partial charge in [-0.3, -0.25) is 0 Å². The van der Waals surface area contributed by atoms with Crippen LogP contribution in [0.15, 0.2) is 34.8 Å². The Labute approximate surface area is 123 Å². The monoisotopic (exact) mass is 349 g/mol. The molecule has 2 rings (SSSR count). The minimum Gasteiger partial charge on any atom is -0.378 e. The lowest BCUT2D eigenvalue weighted by Gasteiger charge is -2.14. The maximum atomic E-state index is 5.95. The summed E-state index contributed by atoms with van der Waals surface area (Å²) in [6.45, 7) is 2.10. The van der Waals surface area contributed by atoms with Crippen LogP contribution in [0.25, 0.3) is 0 Å². The van der Waals surface area contributed by atoms with Gasteiger partial charge < -0.3 is 5.32 Å². The molecule has 0 fully saturated rings. The fourth-order valence-electron chi connectivity index (χ4n) is 1.47. The average molecular weight is 351 g/mol. The lowest BCUT2D eigenvalue weighted by atomic mass is 10.2. The number of hydrogen-bond acceptors (Lipinski definition) is 2. The normalized spacial score (nSPS) is 12.5. The highest BCUT2D eigenvalue weighted by Gasteiger charge is 2.08. The highest BCUT2D eigenvalue weighted by Crippen LogP contribution is 2.31. The molecule has 0 saturated carbocycles. The molecule has 1 unspecified atom stereocenters. The molecular formula is C12H10BrCl2NS. The predicted octanol–water partition coefficient (Wildman–Crippen LogP) is 5.99. The van der Waals surface area contributed by atoms with Gasteiger partial charge in [-0.25, -0.2) is 0 Å². The molecule has 17 heavy (non-hydrogen) atoms. The van der Waals surface area contributed by atoms with Crippen molar-refractivity contribution in [1.82, 2.24) is 0 Å². The number of halogens is 3. The molecule has 0 aliphatic carbocycles. The number of hydrogen-bond donors (Lipinski definition) is 1. The van der Waals surface area contributed by atoms with Gasteiger partial charge in [0.2, 0.25) is 0 Å². The molecule has 0 radical (unpaired) electrons. The van der Waals surface area contributed by atoms with Gasteiger partial charge in [-0.1, -0.05) is 23.2 Å². The predicted molar refractivity (Wildman–Crippen MR) is 80.5 cm³/mol. The molecule has 1 heterocycles. The van der Waals surface area contributed by atoms with E-state index in [1.165, 1.54) is 4.88 Å². The molecule has 0 aliphatic heterocycles. The van der Waals surface area contributed by atoms with Gasteiger partial charge in [-0.15, -0.1) is 11.3 Å². The smallest absolute Gasteiger partial charge is 0.0932 e. The number of thiophene rings is 1. The van der Waals surface area contributed by atoms with Crippen LogP contribution in [-0.4, -0.2) is 0 Å². The first-order valence-electron chi connectivity index (χ1n) is 5.03. The van der Waals surface area contributed by atoms with Gasteiger partial charge in [0.05, 0.1) is 15.4 Å². The van der Waals surface area contributed by atoms with Crippen molar-refractivity contribution in [2.75, 3.05) is 5.32 Å². The lowest BCUT2D eigenvalue weighted by molar-refractivity contribution is 0.908. The first kappa shape index (κ1) is 13.2. The third-order valence-electron chi connectivity index (χ3n) is 2.32. The highest BCUT2D eigenvalue weighted by molar-refractivity contribution is 9.10. The Hall–Kier alpha value is -0.220. The van der Waals surface area contributed by atoms with Gasteiger partial charge in [0, 0.05) is 15.0 Å². The third-order valence-corrected chi connectivity index (χ3v) is 4.95. The van der Waals surface area contributed by atoms with E-state index in [0.29, 0.717) is 5.02 Å². The fourth-order valence-corrected chi connectivity index (χ4v) is 3.03. The number of nitrogens with one attached hydrogen (secondary N) is 1. The summed E-state index contributed by atoms with van der Waals surface area (Å²) in [7, 11) is 0. The summed E-state index contributed by atoms with van der Waals surface area (Å²) in [6.07, 6.45) is 0. The highest BCUT2D eigenvalue weighted by atomic mass is 79.9. The van der Waals surface area contributed by atoms with E-state index in [-0.39, 0.29) is 6.04 Å². The zero-order chi connectivity index (χ0) is 12.4. The van der Waals surface area contributed by atoms with E-state index >= 15 is 0 Å². The van der Waals surface area contributed by atoms with Crippen molar-refractivity contribution >= 4 is 56.2 Å². The van der Waals surface area contributed by atoms with Gasteiger partial charge in [0.1, 0.15) is 0 Å². The van der Waals surface area contributed by atoms with Crippen LogP contribution in [0.1, 0.15) is 17.8 Å². The molecule has 0 saturated heterocycles.